The van der Waals surface area contributed by atoms with Gasteiger partial charge in [0.25, 0.3) is 0 Å². The van der Waals surface area contributed by atoms with Crippen molar-refractivity contribution in [3.63, 3.8) is 0 Å². The van der Waals surface area contributed by atoms with Gasteiger partial charge in [-0.3, -0.25) is 0 Å². The van der Waals surface area contributed by atoms with Crippen LogP contribution in [0.2, 0.25) is 0 Å². The molecule has 0 radical (unpaired) electrons. The number of hydrogen-bond donors (Lipinski definition) is 1. The molecular formula is C14H24N4. The molecular weight excluding hydrogens is 224 g/mol. The molecule has 4 heteroatoms. The first-order chi connectivity index (χ1) is 8.70. The highest BCUT2D eigenvalue weighted by atomic mass is 15.2. The second-order valence-electron chi connectivity index (χ2n) is 5.33. The highest BCUT2D eigenvalue weighted by molar-refractivity contribution is 5.48. The zero-order valence-corrected chi connectivity index (χ0v) is 11.7. The van der Waals surface area contributed by atoms with Gasteiger partial charge >= 0.3 is 0 Å². The molecule has 0 aromatic carbocycles. The second-order valence-corrected chi connectivity index (χ2v) is 5.33. The van der Waals surface area contributed by atoms with E-state index in [1.807, 2.05) is 13.2 Å². The monoisotopic (exact) mass is 248 g/mol. The van der Waals surface area contributed by atoms with Gasteiger partial charge < -0.3 is 10.2 Å². The highest BCUT2D eigenvalue weighted by Gasteiger charge is 2.17. The van der Waals surface area contributed by atoms with Crippen molar-refractivity contribution in [3.8, 4) is 0 Å². The van der Waals surface area contributed by atoms with E-state index in [0.29, 0.717) is 5.95 Å². The van der Waals surface area contributed by atoms with Crippen LogP contribution in [-0.2, 0) is 0 Å². The standard InChI is InChI=1S/C14H24N4/c1-11-9-16-14(15-2)17-13(11)18(3)10-12-7-5-4-6-8-12/h9,12H,4-8,10H2,1-3H3,(H,15,16,17). The molecule has 0 bridgehead atoms. The smallest absolute Gasteiger partial charge is 0.224 e. The maximum absolute atomic E-state index is 4.56. The van der Waals surface area contributed by atoms with Gasteiger partial charge in [0.05, 0.1) is 0 Å². The predicted octanol–water partition coefficient (Wildman–Crippen LogP) is 2.84. The number of aryl methyl sites for hydroxylation is 1. The first-order valence-corrected chi connectivity index (χ1v) is 6.93. The first-order valence-electron chi connectivity index (χ1n) is 6.93. The van der Waals surface area contributed by atoms with Crippen LogP contribution in [0.1, 0.15) is 37.7 Å². The molecule has 1 aromatic heterocycles. The van der Waals surface area contributed by atoms with E-state index >= 15 is 0 Å². The van der Waals surface area contributed by atoms with E-state index in [1.54, 1.807) is 0 Å². The number of anilines is 2. The van der Waals surface area contributed by atoms with Crippen LogP contribution in [0.25, 0.3) is 0 Å². The fourth-order valence-corrected chi connectivity index (χ4v) is 2.78. The average molecular weight is 248 g/mol. The zero-order chi connectivity index (χ0) is 13.0. The van der Waals surface area contributed by atoms with Crippen molar-refractivity contribution in [1.82, 2.24) is 9.97 Å². The molecule has 2 rings (SSSR count). The van der Waals surface area contributed by atoms with Gasteiger partial charge in [0.2, 0.25) is 5.95 Å². The maximum Gasteiger partial charge on any atom is 0.224 e. The summed E-state index contributed by atoms with van der Waals surface area (Å²) < 4.78 is 0. The van der Waals surface area contributed by atoms with Crippen molar-refractivity contribution in [2.75, 3.05) is 30.9 Å². The molecule has 1 N–H and O–H groups in total. The maximum atomic E-state index is 4.56. The Morgan fingerprint density at radius 2 is 2.06 bits per heavy atom. The second kappa shape index (κ2) is 6.03. The number of aromatic nitrogens is 2. The van der Waals surface area contributed by atoms with Crippen molar-refractivity contribution in [3.05, 3.63) is 11.8 Å². The Balaban J connectivity index is 2.04. The van der Waals surface area contributed by atoms with Gasteiger partial charge in [-0.25, -0.2) is 4.98 Å². The molecule has 1 aromatic rings. The van der Waals surface area contributed by atoms with Crippen LogP contribution in [0.3, 0.4) is 0 Å². The van der Waals surface area contributed by atoms with E-state index in [1.165, 1.54) is 32.1 Å². The Morgan fingerprint density at radius 3 is 2.72 bits per heavy atom. The Bertz CT molecular complexity index is 385. The predicted molar refractivity (Wildman–Crippen MR) is 76.2 cm³/mol. The summed E-state index contributed by atoms with van der Waals surface area (Å²) >= 11 is 0. The van der Waals surface area contributed by atoms with Gasteiger partial charge in [-0.2, -0.15) is 4.98 Å². The molecule has 0 spiro atoms. The Hall–Kier alpha value is -1.32. The van der Waals surface area contributed by atoms with Gasteiger partial charge in [-0.15, -0.1) is 0 Å². The number of nitrogens with one attached hydrogen (secondary N) is 1. The molecule has 0 unspecified atom stereocenters. The molecule has 1 fully saturated rings. The van der Waals surface area contributed by atoms with Crippen molar-refractivity contribution < 1.29 is 0 Å². The SMILES string of the molecule is CNc1ncc(C)c(N(C)CC2CCCCC2)n1. The van der Waals surface area contributed by atoms with Gasteiger partial charge in [0.15, 0.2) is 0 Å². The highest BCUT2D eigenvalue weighted by Crippen LogP contribution is 2.26. The van der Waals surface area contributed by atoms with Crippen molar-refractivity contribution in [2.45, 2.75) is 39.0 Å². The normalized spacial score (nSPS) is 16.6. The van der Waals surface area contributed by atoms with Crippen LogP contribution < -0.4 is 10.2 Å². The molecule has 0 atom stereocenters. The molecule has 0 amide bonds. The quantitative estimate of drug-likeness (QED) is 0.889. The lowest BCUT2D eigenvalue weighted by atomic mass is 9.89. The minimum absolute atomic E-state index is 0.700. The number of hydrogen-bond acceptors (Lipinski definition) is 4. The van der Waals surface area contributed by atoms with Gasteiger partial charge in [0, 0.05) is 32.4 Å². The Kier molecular flexibility index (Phi) is 4.39. The molecule has 1 aliphatic rings. The lowest BCUT2D eigenvalue weighted by molar-refractivity contribution is 0.361. The number of rotatable bonds is 4. The lowest BCUT2D eigenvalue weighted by Crippen LogP contribution is -2.28. The molecule has 1 heterocycles. The van der Waals surface area contributed by atoms with Crippen LogP contribution in [0.5, 0.6) is 0 Å². The number of nitrogens with zero attached hydrogens (tertiary/aromatic N) is 3. The van der Waals surface area contributed by atoms with Crippen LogP contribution in [-0.4, -0.2) is 30.6 Å². The van der Waals surface area contributed by atoms with Crippen LogP contribution in [0.15, 0.2) is 6.20 Å². The summed E-state index contributed by atoms with van der Waals surface area (Å²) in [5.74, 6) is 2.59. The first kappa shape index (κ1) is 13.1. The fourth-order valence-electron chi connectivity index (χ4n) is 2.78. The van der Waals surface area contributed by atoms with Gasteiger partial charge in [-0.1, -0.05) is 19.3 Å². The third kappa shape index (κ3) is 3.12. The third-order valence-corrected chi connectivity index (χ3v) is 3.79. The van der Waals surface area contributed by atoms with Crippen molar-refractivity contribution >= 4 is 11.8 Å². The fraction of sp³-hybridized carbons (Fsp3) is 0.714. The van der Waals surface area contributed by atoms with Crippen LogP contribution in [0.4, 0.5) is 11.8 Å². The summed E-state index contributed by atoms with van der Waals surface area (Å²) in [7, 11) is 4.00. The zero-order valence-electron chi connectivity index (χ0n) is 11.7. The minimum Gasteiger partial charge on any atom is -0.359 e. The van der Waals surface area contributed by atoms with Crippen molar-refractivity contribution in [2.24, 2.45) is 5.92 Å². The largest absolute Gasteiger partial charge is 0.359 e. The average Bonchev–Trinajstić information content (AvgIpc) is 2.40. The molecule has 4 nitrogen and oxygen atoms in total. The molecule has 0 saturated heterocycles. The molecule has 1 aliphatic carbocycles. The van der Waals surface area contributed by atoms with Crippen LogP contribution >= 0.6 is 0 Å². The molecule has 1 saturated carbocycles. The lowest BCUT2D eigenvalue weighted by Gasteiger charge is -2.28. The van der Waals surface area contributed by atoms with E-state index in [9.17, 15) is 0 Å². The molecule has 100 valence electrons. The summed E-state index contributed by atoms with van der Waals surface area (Å²) in [6.45, 7) is 3.19. The summed E-state index contributed by atoms with van der Waals surface area (Å²) in [5.41, 5.74) is 1.15. The summed E-state index contributed by atoms with van der Waals surface area (Å²) in [4.78, 5) is 11.1. The topological polar surface area (TPSA) is 41.1 Å². The van der Waals surface area contributed by atoms with Gasteiger partial charge in [-0.05, 0) is 25.7 Å². The summed E-state index contributed by atoms with van der Waals surface area (Å²) in [5, 5.41) is 3.00. The minimum atomic E-state index is 0.700. The molecule has 0 aliphatic heterocycles. The van der Waals surface area contributed by atoms with E-state index < -0.39 is 0 Å². The molecule has 18 heavy (non-hydrogen) atoms. The van der Waals surface area contributed by atoms with E-state index in [-0.39, 0.29) is 0 Å². The Labute approximate surface area is 110 Å². The third-order valence-electron chi connectivity index (χ3n) is 3.79. The van der Waals surface area contributed by atoms with Crippen LogP contribution in [0, 0.1) is 12.8 Å². The van der Waals surface area contributed by atoms with E-state index in [2.05, 4.69) is 34.2 Å². The summed E-state index contributed by atoms with van der Waals surface area (Å²) in [6, 6.07) is 0. The van der Waals surface area contributed by atoms with E-state index in [0.717, 1.165) is 23.8 Å². The van der Waals surface area contributed by atoms with Crippen molar-refractivity contribution in [1.29, 1.82) is 0 Å². The van der Waals surface area contributed by atoms with E-state index in [4.69, 9.17) is 0 Å². The van der Waals surface area contributed by atoms with Gasteiger partial charge in [0.1, 0.15) is 5.82 Å². The summed E-state index contributed by atoms with van der Waals surface area (Å²) in [6.07, 6.45) is 8.83. The Morgan fingerprint density at radius 1 is 1.33 bits per heavy atom.